The lowest BCUT2D eigenvalue weighted by Crippen LogP contribution is -2.27. The largest absolute Gasteiger partial charge is 0.325 e. The molecule has 1 amide bonds. The van der Waals surface area contributed by atoms with E-state index in [0.717, 1.165) is 16.8 Å². The first-order valence-electron chi connectivity index (χ1n) is 7.19. The van der Waals surface area contributed by atoms with Crippen molar-refractivity contribution >= 4 is 22.6 Å². The Morgan fingerprint density at radius 3 is 2.61 bits per heavy atom. The molecule has 0 atom stereocenters. The van der Waals surface area contributed by atoms with Gasteiger partial charge in [-0.15, -0.1) is 0 Å². The maximum atomic E-state index is 12.3. The molecule has 0 saturated heterocycles. The predicted molar refractivity (Wildman–Crippen MR) is 87.3 cm³/mol. The van der Waals surface area contributed by atoms with Crippen molar-refractivity contribution in [2.75, 3.05) is 5.32 Å². The second kappa shape index (κ2) is 5.68. The first kappa shape index (κ1) is 15.0. The van der Waals surface area contributed by atoms with Crippen molar-refractivity contribution in [3.05, 3.63) is 52.2 Å². The summed E-state index contributed by atoms with van der Waals surface area (Å²) in [6.07, 6.45) is 2.83. The van der Waals surface area contributed by atoms with Gasteiger partial charge in [-0.2, -0.15) is 5.10 Å². The van der Waals surface area contributed by atoms with Crippen LogP contribution in [0.25, 0.3) is 11.0 Å². The van der Waals surface area contributed by atoms with E-state index in [4.69, 9.17) is 0 Å². The average Bonchev–Trinajstić information content (AvgIpc) is 2.83. The zero-order valence-corrected chi connectivity index (χ0v) is 13.2. The normalized spacial score (nSPS) is 10.9. The van der Waals surface area contributed by atoms with Gasteiger partial charge in [0.15, 0.2) is 5.65 Å². The lowest BCUT2D eigenvalue weighted by Gasteiger charge is -2.09. The number of carbonyl (C=O) groups is 1. The second-order valence-corrected chi connectivity index (χ2v) is 5.61. The number of amides is 1. The Hall–Kier alpha value is -2.96. The molecule has 118 valence electrons. The Morgan fingerprint density at radius 1 is 1.22 bits per heavy atom. The van der Waals surface area contributed by atoms with Gasteiger partial charge in [-0.25, -0.2) is 4.98 Å². The summed E-state index contributed by atoms with van der Waals surface area (Å²) in [5.74, 6) is -0.276. The number of aromatic nitrogens is 4. The van der Waals surface area contributed by atoms with Crippen LogP contribution in [0.4, 0.5) is 5.69 Å². The molecule has 0 bridgehead atoms. The first-order valence-corrected chi connectivity index (χ1v) is 7.19. The summed E-state index contributed by atoms with van der Waals surface area (Å²) in [6.45, 7) is 3.84. The Balaban J connectivity index is 1.83. The van der Waals surface area contributed by atoms with Crippen LogP contribution in [-0.2, 0) is 18.4 Å². The van der Waals surface area contributed by atoms with Crippen molar-refractivity contribution in [1.82, 2.24) is 19.3 Å². The van der Waals surface area contributed by atoms with Crippen molar-refractivity contribution < 1.29 is 4.79 Å². The monoisotopic (exact) mass is 311 g/mol. The highest BCUT2D eigenvalue weighted by Crippen LogP contribution is 2.13. The number of fused-ring (bicyclic) bond motifs is 1. The van der Waals surface area contributed by atoms with Crippen LogP contribution in [-0.4, -0.2) is 25.2 Å². The number of hydrogen-bond acceptors (Lipinski definition) is 4. The molecule has 0 aliphatic rings. The van der Waals surface area contributed by atoms with Crippen molar-refractivity contribution in [2.45, 2.75) is 20.4 Å². The zero-order chi connectivity index (χ0) is 16.6. The van der Waals surface area contributed by atoms with E-state index in [1.165, 1.54) is 21.8 Å². The number of hydrogen-bond donors (Lipinski definition) is 1. The van der Waals surface area contributed by atoms with Gasteiger partial charge in [0.1, 0.15) is 18.3 Å². The summed E-state index contributed by atoms with van der Waals surface area (Å²) in [4.78, 5) is 28.7. The molecule has 0 unspecified atom stereocenters. The maximum absolute atomic E-state index is 12.3. The molecule has 0 aliphatic carbocycles. The quantitative estimate of drug-likeness (QED) is 0.792. The molecular weight excluding hydrogens is 294 g/mol. The predicted octanol–water partition coefficient (Wildman–Crippen LogP) is 1.39. The van der Waals surface area contributed by atoms with Gasteiger partial charge >= 0.3 is 0 Å². The molecule has 2 heterocycles. The summed E-state index contributed by atoms with van der Waals surface area (Å²) in [6, 6.07) is 5.80. The Kier molecular flexibility index (Phi) is 3.69. The molecule has 0 aliphatic heterocycles. The summed E-state index contributed by atoms with van der Waals surface area (Å²) < 4.78 is 2.80. The van der Waals surface area contributed by atoms with Crippen LogP contribution < -0.4 is 10.9 Å². The van der Waals surface area contributed by atoms with Crippen LogP contribution in [0.2, 0.25) is 0 Å². The van der Waals surface area contributed by atoms with Gasteiger partial charge in [0.2, 0.25) is 5.91 Å². The molecule has 2 aromatic heterocycles. The molecule has 7 nitrogen and oxygen atoms in total. The van der Waals surface area contributed by atoms with E-state index in [1.807, 2.05) is 32.0 Å². The molecule has 0 spiro atoms. The molecule has 1 N–H and O–H groups in total. The van der Waals surface area contributed by atoms with E-state index in [-0.39, 0.29) is 18.0 Å². The highest BCUT2D eigenvalue weighted by atomic mass is 16.2. The van der Waals surface area contributed by atoms with E-state index in [2.05, 4.69) is 15.4 Å². The van der Waals surface area contributed by atoms with Crippen molar-refractivity contribution in [1.29, 1.82) is 0 Å². The number of aryl methyl sites for hydroxylation is 3. The van der Waals surface area contributed by atoms with E-state index < -0.39 is 0 Å². The Bertz CT molecular complexity index is 934. The standard InChI is InChI=1S/C16H17N5O2/c1-10-4-11(2)6-12(5-10)19-14(22)8-21-9-17-15-13(16(21)23)7-18-20(15)3/h4-7,9H,8H2,1-3H3,(H,19,22). The molecule has 23 heavy (non-hydrogen) atoms. The maximum Gasteiger partial charge on any atom is 0.264 e. The number of benzene rings is 1. The summed E-state index contributed by atoms with van der Waals surface area (Å²) >= 11 is 0. The summed E-state index contributed by atoms with van der Waals surface area (Å²) in [5, 5.41) is 7.21. The fourth-order valence-corrected chi connectivity index (χ4v) is 2.58. The van der Waals surface area contributed by atoms with E-state index in [0.29, 0.717) is 11.0 Å². The Morgan fingerprint density at radius 2 is 1.91 bits per heavy atom. The number of nitrogens with zero attached hydrogens (tertiary/aromatic N) is 4. The number of nitrogens with one attached hydrogen (secondary N) is 1. The van der Waals surface area contributed by atoms with Crippen LogP contribution >= 0.6 is 0 Å². The second-order valence-electron chi connectivity index (χ2n) is 5.61. The molecule has 7 heteroatoms. The van der Waals surface area contributed by atoms with Crippen molar-refractivity contribution in [3.63, 3.8) is 0 Å². The van der Waals surface area contributed by atoms with Crippen LogP contribution in [0.5, 0.6) is 0 Å². The number of anilines is 1. The highest BCUT2D eigenvalue weighted by molar-refractivity contribution is 5.90. The fraction of sp³-hybridized carbons (Fsp3) is 0.250. The fourth-order valence-electron chi connectivity index (χ4n) is 2.58. The molecule has 3 rings (SSSR count). The lowest BCUT2D eigenvalue weighted by molar-refractivity contribution is -0.116. The lowest BCUT2D eigenvalue weighted by atomic mass is 10.1. The number of rotatable bonds is 3. The minimum atomic E-state index is -0.279. The number of carbonyl (C=O) groups excluding carboxylic acids is 1. The van der Waals surface area contributed by atoms with E-state index in [9.17, 15) is 9.59 Å². The summed E-state index contributed by atoms with van der Waals surface area (Å²) in [5.41, 5.74) is 3.07. The SMILES string of the molecule is Cc1cc(C)cc(NC(=O)Cn2cnc3c(cnn3C)c2=O)c1. The zero-order valence-electron chi connectivity index (χ0n) is 13.2. The van der Waals surface area contributed by atoms with Crippen LogP contribution in [0.1, 0.15) is 11.1 Å². The molecule has 1 aromatic carbocycles. The Labute approximate surface area is 132 Å². The van der Waals surface area contributed by atoms with Gasteiger partial charge in [-0.05, 0) is 37.1 Å². The third kappa shape index (κ3) is 2.98. The third-order valence-electron chi connectivity index (χ3n) is 3.54. The highest BCUT2D eigenvalue weighted by Gasteiger charge is 2.11. The minimum Gasteiger partial charge on any atom is -0.325 e. The van der Waals surface area contributed by atoms with Crippen LogP contribution in [0.15, 0.2) is 35.5 Å². The first-order chi connectivity index (χ1) is 10.9. The molecule has 0 saturated carbocycles. The molecule has 0 radical (unpaired) electrons. The van der Waals surface area contributed by atoms with Gasteiger partial charge in [0.25, 0.3) is 5.56 Å². The smallest absolute Gasteiger partial charge is 0.264 e. The van der Waals surface area contributed by atoms with Crippen LogP contribution in [0.3, 0.4) is 0 Å². The average molecular weight is 311 g/mol. The van der Waals surface area contributed by atoms with Gasteiger partial charge in [-0.3, -0.25) is 18.8 Å². The minimum absolute atomic E-state index is 0.0936. The molecular formula is C16H17N5O2. The molecule has 3 aromatic rings. The van der Waals surface area contributed by atoms with E-state index >= 15 is 0 Å². The van der Waals surface area contributed by atoms with Gasteiger partial charge in [-0.1, -0.05) is 6.07 Å². The topological polar surface area (TPSA) is 81.8 Å². The van der Waals surface area contributed by atoms with Crippen LogP contribution in [0, 0.1) is 13.8 Å². The van der Waals surface area contributed by atoms with Gasteiger partial charge in [0.05, 0.1) is 6.20 Å². The van der Waals surface area contributed by atoms with Crippen molar-refractivity contribution in [3.8, 4) is 0 Å². The van der Waals surface area contributed by atoms with Crippen molar-refractivity contribution in [2.24, 2.45) is 7.05 Å². The van der Waals surface area contributed by atoms with E-state index in [1.54, 1.807) is 7.05 Å². The summed E-state index contributed by atoms with van der Waals surface area (Å²) in [7, 11) is 1.71. The third-order valence-corrected chi connectivity index (χ3v) is 3.54. The van der Waals surface area contributed by atoms with Gasteiger partial charge in [0, 0.05) is 12.7 Å². The van der Waals surface area contributed by atoms with Gasteiger partial charge < -0.3 is 5.32 Å². The molecule has 0 fully saturated rings.